The van der Waals surface area contributed by atoms with Gasteiger partial charge in [0.2, 0.25) is 0 Å². The Labute approximate surface area is 129 Å². The van der Waals surface area contributed by atoms with Gasteiger partial charge in [-0.1, -0.05) is 51.0 Å². The lowest BCUT2D eigenvalue weighted by molar-refractivity contribution is 0.922. The van der Waals surface area contributed by atoms with Gasteiger partial charge in [-0.2, -0.15) is 0 Å². The van der Waals surface area contributed by atoms with E-state index in [0.717, 1.165) is 0 Å². The monoisotopic (exact) mass is 300 g/mol. The Balaban J connectivity index is 1.87. The van der Waals surface area contributed by atoms with Gasteiger partial charge in [-0.3, -0.25) is 0 Å². The van der Waals surface area contributed by atoms with Crippen LogP contribution in [0.3, 0.4) is 0 Å². The molecule has 0 aliphatic rings. The van der Waals surface area contributed by atoms with Crippen LogP contribution in [-0.4, -0.2) is 0 Å². The van der Waals surface area contributed by atoms with Crippen molar-refractivity contribution in [2.24, 2.45) is 0 Å². The van der Waals surface area contributed by atoms with Crippen molar-refractivity contribution in [3.63, 3.8) is 0 Å². The highest BCUT2D eigenvalue weighted by Crippen LogP contribution is 2.38. The molecule has 0 nitrogen and oxygen atoms in total. The van der Waals surface area contributed by atoms with Crippen molar-refractivity contribution in [1.29, 1.82) is 0 Å². The fourth-order valence-corrected chi connectivity index (χ4v) is 5.05. The molecule has 0 bridgehead atoms. The van der Waals surface area contributed by atoms with Crippen molar-refractivity contribution >= 4 is 32.1 Å². The third kappa shape index (κ3) is 2.82. The van der Waals surface area contributed by atoms with E-state index in [9.17, 15) is 0 Å². The molecule has 3 rings (SSSR count). The molecule has 0 unspecified atom stereocenters. The minimum absolute atomic E-state index is 1.18. The van der Waals surface area contributed by atoms with E-state index in [1.807, 2.05) is 22.7 Å². The second kappa shape index (κ2) is 6.11. The molecule has 0 saturated heterocycles. The van der Waals surface area contributed by atoms with Gasteiger partial charge >= 0.3 is 0 Å². The molecule has 104 valence electrons. The maximum Gasteiger partial charge on any atom is 0.0460 e. The molecule has 20 heavy (non-hydrogen) atoms. The summed E-state index contributed by atoms with van der Waals surface area (Å²) in [4.78, 5) is 2.93. The third-order valence-electron chi connectivity index (χ3n) is 3.53. The van der Waals surface area contributed by atoms with Crippen LogP contribution in [0.5, 0.6) is 0 Å². The van der Waals surface area contributed by atoms with Crippen molar-refractivity contribution < 1.29 is 0 Å². The first-order chi connectivity index (χ1) is 9.80. The van der Waals surface area contributed by atoms with E-state index < -0.39 is 0 Å². The maximum atomic E-state index is 2.38. The number of hydrogen-bond acceptors (Lipinski definition) is 2. The van der Waals surface area contributed by atoms with Gasteiger partial charge in [0.15, 0.2) is 0 Å². The zero-order valence-electron chi connectivity index (χ0n) is 12.1. The normalized spacial score (nSPS) is 11.3. The predicted octanol–water partition coefficient (Wildman–Crippen LogP) is 6.53. The Hall–Kier alpha value is -1.12. The standard InChI is InChI=1S/C18H20S2/c1-3-5-13-7-9-14(10-8-13)16-12-18-17(20-16)11-15(19-18)6-4-2/h7-12H,3-6H2,1-2H3. The Morgan fingerprint density at radius 3 is 2.15 bits per heavy atom. The molecule has 0 aliphatic heterocycles. The summed E-state index contributed by atoms with van der Waals surface area (Å²) in [5, 5.41) is 0. The van der Waals surface area contributed by atoms with Crippen LogP contribution in [-0.2, 0) is 12.8 Å². The van der Waals surface area contributed by atoms with Crippen LogP contribution in [0.2, 0.25) is 0 Å². The summed E-state index contributed by atoms with van der Waals surface area (Å²) in [6, 6.07) is 13.8. The average molecular weight is 300 g/mol. The summed E-state index contributed by atoms with van der Waals surface area (Å²) < 4.78 is 2.90. The average Bonchev–Trinajstić information content (AvgIpc) is 2.98. The second-order valence-electron chi connectivity index (χ2n) is 5.25. The van der Waals surface area contributed by atoms with E-state index in [1.165, 1.54) is 56.0 Å². The minimum Gasteiger partial charge on any atom is -0.139 e. The summed E-state index contributed by atoms with van der Waals surface area (Å²) in [6.07, 6.45) is 4.85. The second-order valence-corrected chi connectivity index (χ2v) is 7.50. The Morgan fingerprint density at radius 1 is 0.800 bits per heavy atom. The number of aryl methyl sites for hydroxylation is 2. The minimum atomic E-state index is 1.18. The van der Waals surface area contributed by atoms with Gasteiger partial charge in [0.1, 0.15) is 0 Å². The lowest BCUT2D eigenvalue weighted by Crippen LogP contribution is -1.82. The highest BCUT2D eigenvalue weighted by molar-refractivity contribution is 7.29. The van der Waals surface area contributed by atoms with Crippen LogP contribution in [0.25, 0.3) is 19.8 Å². The predicted molar refractivity (Wildman–Crippen MR) is 93.1 cm³/mol. The van der Waals surface area contributed by atoms with Crippen molar-refractivity contribution in [2.45, 2.75) is 39.5 Å². The molecule has 2 heteroatoms. The summed E-state index contributed by atoms with van der Waals surface area (Å²) in [5.74, 6) is 0. The largest absolute Gasteiger partial charge is 0.139 e. The SMILES string of the molecule is CCCc1ccc(-c2cc3sc(CCC)cc3s2)cc1. The molecule has 0 fully saturated rings. The fraction of sp³-hybridized carbons (Fsp3) is 0.333. The summed E-state index contributed by atoms with van der Waals surface area (Å²) >= 11 is 3.89. The first-order valence-corrected chi connectivity index (χ1v) is 9.05. The van der Waals surface area contributed by atoms with Gasteiger partial charge < -0.3 is 0 Å². The molecular weight excluding hydrogens is 280 g/mol. The van der Waals surface area contributed by atoms with Gasteiger partial charge in [0.05, 0.1) is 0 Å². The first kappa shape index (κ1) is 13.8. The van der Waals surface area contributed by atoms with Crippen molar-refractivity contribution in [2.75, 3.05) is 0 Å². The van der Waals surface area contributed by atoms with Crippen molar-refractivity contribution in [3.8, 4) is 10.4 Å². The van der Waals surface area contributed by atoms with E-state index in [1.54, 1.807) is 0 Å². The molecule has 0 atom stereocenters. The van der Waals surface area contributed by atoms with Crippen LogP contribution < -0.4 is 0 Å². The van der Waals surface area contributed by atoms with E-state index >= 15 is 0 Å². The highest BCUT2D eigenvalue weighted by Gasteiger charge is 2.08. The lowest BCUT2D eigenvalue weighted by Gasteiger charge is -2.01. The highest BCUT2D eigenvalue weighted by atomic mass is 32.1. The number of benzene rings is 1. The molecule has 1 aromatic carbocycles. The molecule has 0 aliphatic carbocycles. The van der Waals surface area contributed by atoms with Crippen LogP contribution in [0.15, 0.2) is 36.4 Å². The number of fused-ring (bicyclic) bond motifs is 1. The molecule has 0 radical (unpaired) electrons. The van der Waals surface area contributed by atoms with Gasteiger partial charge in [-0.25, -0.2) is 0 Å². The molecule has 3 aromatic rings. The van der Waals surface area contributed by atoms with Crippen molar-refractivity contribution in [3.05, 3.63) is 46.8 Å². The van der Waals surface area contributed by atoms with E-state index in [2.05, 4.69) is 50.2 Å². The topological polar surface area (TPSA) is 0 Å². The third-order valence-corrected chi connectivity index (χ3v) is 5.93. The van der Waals surface area contributed by atoms with E-state index in [-0.39, 0.29) is 0 Å². The smallest absolute Gasteiger partial charge is 0.0460 e. The Kier molecular flexibility index (Phi) is 4.23. The Bertz CT molecular complexity index is 654. The number of hydrogen-bond donors (Lipinski definition) is 0. The molecule has 0 amide bonds. The van der Waals surface area contributed by atoms with Gasteiger partial charge in [0, 0.05) is 19.2 Å². The number of rotatable bonds is 5. The van der Waals surface area contributed by atoms with Crippen molar-refractivity contribution in [1.82, 2.24) is 0 Å². The maximum absolute atomic E-state index is 2.38. The van der Waals surface area contributed by atoms with E-state index in [0.29, 0.717) is 0 Å². The number of thiophene rings is 2. The summed E-state index contributed by atoms with van der Waals surface area (Å²) in [7, 11) is 0. The van der Waals surface area contributed by atoms with E-state index in [4.69, 9.17) is 0 Å². The van der Waals surface area contributed by atoms with Crippen LogP contribution in [0, 0.1) is 0 Å². The first-order valence-electron chi connectivity index (χ1n) is 7.41. The lowest BCUT2D eigenvalue weighted by atomic mass is 10.1. The van der Waals surface area contributed by atoms with Gasteiger partial charge in [0.25, 0.3) is 0 Å². The zero-order valence-corrected chi connectivity index (χ0v) is 13.7. The molecule has 0 N–H and O–H groups in total. The Morgan fingerprint density at radius 2 is 1.50 bits per heavy atom. The van der Waals surface area contributed by atoms with Crippen LogP contribution in [0.4, 0.5) is 0 Å². The molecule has 0 saturated carbocycles. The van der Waals surface area contributed by atoms with Gasteiger partial charge in [-0.15, -0.1) is 22.7 Å². The molecular formula is C18H20S2. The van der Waals surface area contributed by atoms with Gasteiger partial charge in [-0.05, 0) is 36.1 Å². The zero-order chi connectivity index (χ0) is 13.9. The fourth-order valence-electron chi connectivity index (χ4n) is 2.52. The van der Waals surface area contributed by atoms with Crippen LogP contribution >= 0.6 is 22.7 Å². The molecule has 2 aromatic heterocycles. The summed E-state index contributed by atoms with van der Waals surface area (Å²) in [5.41, 5.74) is 2.80. The quantitative estimate of drug-likeness (QED) is 0.502. The molecule has 2 heterocycles. The summed E-state index contributed by atoms with van der Waals surface area (Å²) in [6.45, 7) is 4.48. The van der Waals surface area contributed by atoms with Crippen LogP contribution in [0.1, 0.15) is 37.1 Å². The molecule has 0 spiro atoms.